The molecule has 31 heavy (non-hydrogen) atoms. The van der Waals surface area contributed by atoms with Crippen molar-refractivity contribution in [1.82, 2.24) is 0 Å². The number of fused-ring (bicyclic) bond motifs is 5. The average molecular weight is 436 g/mol. The molecule has 0 aromatic heterocycles. The van der Waals surface area contributed by atoms with Crippen LogP contribution in [0.25, 0.3) is 0 Å². The van der Waals surface area contributed by atoms with Crippen LogP contribution in [0.15, 0.2) is 16.8 Å². The molecule has 4 aliphatic carbocycles. The van der Waals surface area contributed by atoms with Crippen molar-refractivity contribution in [3.8, 4) is 0 Å². The minimum absolute atomic E-state index is 0.0265. The molecule has 0 heterocycles. The molecule has 0 radical (unpaired) electrons. The van der Waals surface area contributed by atoms with Gasteiger partial charge >= 0.3 is 5.97 Å². The van der Waals surface area contributed by atoms with Crippen molar-refractivity contribution in [1.29, 1.82) is 0 Å². The highest BCUT2D eigenvalue weighted by Crippen LogP contribution is 2.67. The third-order valence-corrected chi connectivity index (χ3v) is 9.04. The molecule has 4 rings (SSSR count). The number of aliphatic hydroxyl groups excluding tert-OH is 2. The van der Waals surface area contributed by atoms with Crippen LogP contribution in [0.3, 0.4) is 0 Å². The number of oxime groups is 1. The summed E-state index contributed by atoms with van der Waals surface area (Å²) in [5.74, 6) is -1.26. The summed E-state index contributed by atoms with van der Waals surface area (Å²) in [5, 5.41) is 44.8. The van der Waals surface area contributed by atoms with Gasteiger partial charge in [0.25, 0.3) is 0 Å². The van der Waals surface area contributed by atoms with Crippen molar-refractivity contribution < 1.29 is 34.9 Å². The van der Waals surface area contributed by atoms with Crippen LogP contribution in [0, 0.1) is 28.6 Å². The number of carboxylic acids is 1. The molecule has 0 spiro atoms. The van der Waals surface area contributed by atoms with Crippen LogP contribution < -0.4 is 0 Å². The number of allylic oxidation sites excluding steroid dienone is 2. The fourth-order valence-corrected chi connectivity index (χ4v) is 7.54. The number of rotatable bonds is 5. The van der Waals surface area contributed by atoms with E-state index in [9.17, 15) is 24.9 Å². The Morgan fingerprint density at radius 1 is 1.23 bits per heavy atom. The Bertz CT molecular complexity index is 838. The van der Waals surface area contributed by atoms with Gasteiger partial charge in [-0.15, -0.1) is 0 Å². The van der Waals surface area contributed by atoms with Crippen LogP contribution >= 0.6 is 0 Å². The van der Waals surface area contributed by atoms with E-state index in [4.69, 9.17) is 9.94 Å². The highest BCUT2D eigenvalue weighted by molar-refractivity contribution is 5.96. The van der Waals surface area contributed by atoms with Gasteiger partial charge in [0, 0.05) is 5.41 Å². The molecule has 7 atom stereocenters. The number of carboxylic acid groups (broad SMARTS) is 1. The van der Waals surface area contributed by atoms with Crippen molar-refractivity contribution in [2.24, 2.45) is 33.7 Å². The third kappa shape index (κ3) is 3.26. The van der Waals surface area contributed by atoms with Gasteiger partial charge in [-0.25, -0.2) is 4.79 Å². The van der Waals surface area contributed by atoms with Crippen molar-refractivity contribution in [2.75, 3.05) is 13.2 Å². The summed E-state index contributed by atoms with van der Waals surface area (Å²) in [7, 11) is 0. The molecule has 3 saturated carbocycles. The molecule has 8 nitrogen and oxygen atoms in total. The number of aliphatic hydroxyl groups is 3. The molecule has 0 bridgehead atoms. The predicted octanol–water partition coefficient (Wildman–Crippen LogP) is 1.67. The lowest BCUT2D eigenvalue weighted by molar-refractivity contribution is -0.181. The molecular weight excluding hydrogens is 402 g/mol. The van der Waals surface area contributed by atoms with Crippen molar-refractivity contribution >= 4 is 17.5 Å². The summed E-state index contributed by atoms with van der Waals surface area (Å²) in [6, 6.07) is 0. The van der Waals surface area contributed by atoms with Crippen LogP contribution in [0.5, 0.6) is 0 Å². The molecule has 0 aliphatic heterocycles. The summed E-state index contributed by atoms with van der Waals surface area (Å²) in [5.41, 5.74) is -0.594. The van der Waals surface area contributed by atoms with Gasteiger partial charge in [-0.1, -0.05) is 24.6 Å². The van der Waals surface area contributed by atoms with Crippen molar-refractivity contribution in [3.05, 3.63) is 11.6 Å². The van der Waals surface area contributed by atoms with E-state index in [1.807, 2.05) is 13.0 Å². The first-order valence-corrected chi connectivity index (χ1v) is 11.2. The summed E-state index contributed by atoms with van der Waals surface area (Å²) >= 11 is 0. The Kier molecular flexibility index (Phi) is 5.55. The molecule has 4 aliphatic rings. The van der Waals surface area contributed by atoms with Crippen molar-refractivity contribution in [2.45, 2.75) is 70.5 Å². The number of hydrogen-bond donors (Lipinski definition) is 4. The van der Waals surface area contributed by atoms with Gasteiger partial charge in [0.15, 0.2) is 5.78 Å². The summed E-state index contributed by atoms with van der Waals surface area (Å²) < 4.78 is 0. The Morgan fingerprint density at radius 3 is 2.65 bits per heavy atom. The molecule has 0 aromatic rings. The fourth-order valence-electron chi connectivity index (χ4n) is 7.54. The molecule has 0 amide bonds. The number of carbonyl (C=O) groups is 2. The maximum atomic E-state index is 12.5. The van der Waals surface area contributed by atoms with Crippen LogP contribution in [-0.2, 0) is 14.4 Å². The topological polar surface area (TPSA) is 137 Å². The van der Waals surface area contributed by atoms with Crippen LogP contribution in [-0.4, -0.2) is 62.8 Å². The van der Waals surface area contributed by atoms with Gasteiger partial charge in [0.05, 0.1) is 11.8 Å². The predicted molar refractivity (Wildman–Crippen MR) is 111 cm³/mol. The van der Waals surface area contributed by atoms with E-state index < -0.39 is 42.1 Å². The van der Waals surface area contributed by atoms with Crippen LogP contribution in [0.1, 0.15) is 58.8 Å². The SMILES string of the molecule is C[C@]12CCC(=NOCC(=O)O)C=C1CC[C@@H]1[C@@H]2[C@@H](O)C[C@@]2(C)[C@H]1CC[C@]2(O)C(=O)CO. The first kappa shape index (κ1) is 22.4. The number of Topliss-reactive ketones (excluding diaryl/α,β-unsaturated/α-hetero) is 1. The Morgan fingerprint density at radius 2 is 1.97 bits per heavy atom. The molecule has 0 aromatic carbocycles. The maximum absolute atomic E-state index is 12.5. The zero-order valence-corrected chi connectivity index (χ0v) is 18.2. The number of carbonyl (C=O) groups excluding carboxylic acids is 1. The van der Waals surface area contributed by atoms with E-state index >= 15 is 0 Å². The normalized spacial score (nSPS) is 45.3. The lowest BCUT2D eigenvalue weighted by atomic mass is 9.45. The molecule has 3 fully saturated rings. The van der Waals surface area contributed by atoms with Crippen LogP contribution in [0.2, 0.25) is 0 Å². The standard InChI is InChI=1S/C23H33NO7/c1-21-7-5-14(24-31-12-19(28)29)9-13(21)3-4-15-16-6-8-23(30,18(27)11-25)22(16,2)10-17(26)20(15)21/h9,15-17,20,25-26,30H,3-8,10-12H2,1-2H3,(H,28,29)/t15-,16-,17-,20+,21-,22-,23-/m0/s1. The Balaban J connectivity index is 1.62. The quantitative estimate of drug-likeness (QED) is 0.482. The second kappa shape index (κ2) is 7.67. The Labute approximate surface area is 182 Å². The zero-order valence-electron chi connectivity index (χ0n) is 18.2. The number of ketones is 1. The van der Waals surface area contributed by atoms with Gasteiger partial charge < -0.3 is 25.3 Å². The monoisotopic (exact) mass is 435 g/mol. The number of nitrogens with zero attached hydrogens (tertiary/aromatic N) is 1. The summed E-state index contributed by atoms with van der Waals surface area (Å²) in [4.78, 5) is 28.0. The van der Waals surface area contributed by atoms with E-state index in [1.165, 1.54) is 5.57 Å². The second-order valence-corrected chi connectivity index (χ2v) is 10.3. The van der Waals surface area contributed by atoms with Gasteiger partial charge in [0.2, 0.25) is 6.61 Å². The van der Waals surface area contributed by atoms with Gasteiger partial charge in [-0.2, -0.15) is 0 Å². The fraction of sp³-hybridized carbons (Fsp3) is 0.783. The lowest BCUT2D eigenvalue weighted by Crippen LogP contribution is -2.62. The zero-order chi connectivity index (χ0) is 22.6. The first-order chi connectivity index (χ1) is 14.6. The molecule has 0 unspecified atom stereocenters. The minimum Gasteiger partial charge on any atom is -0.479 e. The van der Waals surface area contributed by atoms with Gasteiger partial charge in [-0.3, -0.25) is 4.79 Å². The smallest absolute Gasteiger partial charge is 0.344 e. The number of aliphatic carboxylic acids is 1. The molecule has 0 saturated heterocycles. The number of hydrogen-bond acceptors (Lipinski definition) is 7. The molecular formula is C23H33NO7. The minimum atomic E-state index is -1.58. The molecule has 4 N–H and O–H groups in total. The van der Waals surface area contributed by atoms with E-state index in [0.29, 0.717) is 19.3 Å². The largest absolute Gasteiger partial charge is 0.479 e. The lowest BCUT2D eigenvalue weighted by Gasteiger charge is -2.60. The highest BCUT2D eigenvalue weighted by atomic mass is 16.6. The Hall–Kier alpha value is -1.77. The maximum Gasteiger partial charge on any atom is 0.344 e. The molecule has 172 valence electrons. The van der Waals surface area contributed by atoms with Crippen LogP contribution in [0.4, 0.5) is 0 Å². The van der Waals surface area contributed by atoms with E-state index in [0.717, 1.165) is 31.4 Å². The van der Waals surface area contributed by atoms with E-state index in [-0.39, 0.29) is 23.2 Å². The van der Waals surface area contributed by atoms with Crippen molar-refractivity contribution in [3.63, 3.8) is 0 Å². The summed E-state index contributed by atoms with van der Waals surface area (Å²) in [6.07, 6.45) is 5.86. The van der Waals surface area contributed by atoms with E-state index in [2.05, 4.69) is 12.1 Å². The van der Waals surface area contributed by atoms with Gasteiger partial charge in [0.1, 0.15) is 12.2 Å². The third-order valence-electron chi connectivity index (χ3n) is 9.04. The van der Waals surface area contributed by atoms with Gasteiger partial charge in [-0.05, 0) is 74.2 Å². The summed E-state index contributed by atoms with van der Waals surface area (Å²) in [6.45, 7) is 2.95. The first-order valence-electron chi connectivity index (χ1n) is 11.2. The second-order valence-electron chi connectivity index (χ2n) is 10.3. The highest BCUT2D eigenvalue weighted by Gasteiger charge is 2.68. The average Bonchev–Trinajstić information content (AvgIpc) is 2.98. The van der Waals surface area contributed by atoms with E-state index in [1.54, 1.807) is 0 Å². The molecule has 8 heteroatoms.